The lowest BCUT2D eigenvalue weighted by atomic mass is 10.1. The zero-order valence-corrected chi connectivity index (χ0v) is 17.0. The van der Waals surface area contributed by atoms with Crippen molar-refractivity contribution >= 4 is 33.4 Å². The topological polar surface area (TPSA) is 107 Å². The van der Waals surface area contributed by atoms with Crippen molar-refractivity contribution in [3.63, 3.8) is 0 Å². The van der Waals surface area contributed by atoms with Crippen LogP contribution in [0.4, 0.5) is 5.69 Å². The quantitative estimate of drug-likeness (QED) is 0.601. The first kappa shape index (κ1) is 20.1. The number of hydrogen-bond acceptors (Lipinski definition) is 5. The predicted octanol–water partition coefficient (Wildman–Crippen LogP) is 2.87. The van der Waals surface area contributed by atoms with Gasteiger partial charge in [0.05, 0.1) is 16.3 Å². The number of anilines is 1. The third-order valence-corrected chi connectivity index (χ3v) is 5.91. The van der Waals surface area contributed by atoms with Crippen LogP contribution in [0, 0.1) is 13.8 Å². The summed E-state index contributed by atoms with van der Waals surface area (Å²) in [5.41, 5.74) is 3.82. The average Bonchev–Trinajstić information content (AvgIpc) is 3.08. The Hall–Kier alpha value is -2.62. The number of imidazole rings is 1. The van der Waals surface area contributed by atoms with E-state index in [9.17, 15) is 13.2 Å². The fraction of sp³-hybridized carbons (Fsp3) is 0.158. The molecule has 0 spiro atoms. The van der Waals surface area contributed by atoms with Crippen LogP contribution >= 0.6 is 11.8 Å². The molecule has 0 saturated heterocycles. The van der Waals surface area contributed by atoms with Crippen molar-refractivity contribution in [2.75, 3.05) is 11.1 Å². The van der Waals surface area contributed by atoms with Gasteiger partial charge < -0.3 is 5.32 Å². The minimum absolute atomic E-state index is 0.00429. The molecule has 1 aromatic heterocycles. The number of primary sulfonamides is 1. The van der Waals surface area contributed by atoms with E-state index >= 15 is 0 Å². The van der Waals surface area contributed by atoms with E-state index in [4.69, 9.17) is 5.14 Å². The zero-order chi connectivity index (χ0) is 20.3. The summed E-state index contributed by atoms with van der Waals surface area (Å²) < 4.78 is 24.5. The van der Waals surface area contributed by atoms with Gasteiger partial charge in [0.2, 0.25) is 15.9 Å². The molecule has 146 valence electrons. The van der Waals surface area contributed by atoms with Crippen LogP contribution in [0.1, 0.15) is 11.1 Å². The maximum Gasteiger partial charge on any atom is 0.238 e. The first-order chi connectivity index (χ1) is 13.2. The van der Waals surface area contributed by atoms with Gasteiger partial charge in [0.25, 0.3) is 0 Å². The van der Waals surface area contributed by atoms with Crippen molar-refractivity contribution in [2.24, 2.45) is 5.14 Å². The Labute approximate surface area is 168 Å². The summed E-state index contributed by atoms with van der Waals surface area (Å²) >= 11 is 1.32. The fourth-order valence-electron chi connectivity index (χ4n) is 2.71. The highest BCUT2D eigenvalue weighted by Crippen LogP contribution is 2.23. The zero-order valence-electron chi connectivity index (χ0n) is 15.4. The van der Waals surface area contributed by atoms with Crippen LogP contribution in [0.25, 0.3) is 5.69 Å². The van der Waals surface area contributed by atoms with E-state index in [0.29, 0.717) is 10.8 Å². The normalized spacial score (nSPS) is 11.4. The maximum atomic E-state index is 12.2. The summed E-state index contributed by atoms with van der Waals surface area (Å²) in [6, 6.07) is 11.9. The van der Waals surface area contributed by atoms with Crippen molar-refractivity contribution < 1.29 is 13.2 Å². The number of carbonyl (C=O) groups is 1. The van der Waals surface area contributed by atoms with Gasteiger partial charge in [0.1, 0.15) is 0 Å². The van der Waals surface area contributed by atoms with Crippen molar-refractivity contribution in [3.8, 4) is 5.69 Å². The van der Waals surface area contributed by atoms with Crippen LogP contribution < -0.4 is 10.5 Å². The lowest BCUT2D eigenvalue weighted by Gasteiger charge is -2.11. The summed E-state index contributed by atoms with van der Waals surface area (Å²) in [5, 5.41) is 8.51. The van der Waals surface area contributed by atoms with Gasteiger partial charge in [-0.05, 0) is 49.7 Å². The molecule has 0 aliphatic carbocycles. The first-order valence-corrected chi connectivity index (χ1v) is 10.9. The van der Waals surface area contributed by atoms with Gasteiger partial charge in [-0.15, -0.1) is 0 Å². The summed E-state index contributed by atoms with van der Waals surface area (Å²) in [5.74, 6) is -0.0534. The Morgan fingerprint density at radius 2 is 1.89 bits per heavy atom. The summed E-state index contributed by atoms with van der Waals surface area (Å²) in [4.78, 5) is 16.6. The SMILES string of the molecule is Cc1ccc(-n2ccnc2SCC(=O)Nc2ccc(S(N)(=O)=O)cc2)c(C)c1. The molecule has 0 bridgehead atoms. The molecule has 0 fully saturated rings. The molecule has 0 aliphatic rings. The summed E-state index contributed by atoms with van der Waals surface area (Å²) in [6.45, 7) is 4.08. The van der Waals surface area contributed by atoms with Crippen LogP contribution in [0.15, 0.2) is 64.9 Å². The molecule has 2 aromatic carbocycles. The summed E-state index contributed by atoms with van der Waals surface area (Å²) in [6.07, 6.45) is 3.56. The van der Waals surface area contributed by atoms with Crippen LogP contribution in [-0.4, -0.2) is 29.6 Å². The van der Waals surface area contributed by atoms with Gasteiger partial charge in [-0.3, -0.25) is 9.36 Å². The third kappa shape index (κ3) is 4.80. The Balaban J connectivity index is 1.65. The highest BCUT2D eigenvalue weighted by Gasteiger charge is 2.12. The molecule has 1 amide bonds. The second-order valence-corrected chi connectivity index (χ2v) is 8.78. The number of hydrogen-bond donors (Lipinski definition) is 2. The highest BCUT2D eigenvalue weighted by atomic mass is 32.2. The smallest absolute Gasteiger partial charge is 0.238 e. The van der Waals surface area contributed by atoms with Gasteiger partial charge >= 0.3 is 0 Å². The van der Waals surface area contributed by atoms with Crippen molar-refractivity contribution in [2.45, 2.75) is 23.9 Å². The van der Waals surface area contributed by atoms with Crippen LogP contribution in [0.3, 0.4) is 0 Å². The second kappa shape index (κ2) is 8.17. The number of benzene rings is 2. The molecule has 1 heterocycles. The molecule has 0 aliphatic heterocycles. The molecule has 9 heteroatoms. The van der Waals surface area contributed by atoms with Crippen LogP contribution in [0.5, 0.6) is 0 Å². The number of sulfonamides is 1. The highest BCUT2D eigenvalue weighted by molar-refractivity contribution is 7.99. The average molecular weight is 417 g/mol. The van der Waals surface area contributed by atoms with E-state index in [2.05, 4.69) is 16.4 Å². The molecule has 0 radical (unpaired) electrons. The van der Waals surface area contributed by atoms with E-state index in [0.717, 1.165) is 11.3 Å². The third-order valence-electron chi connectivity index (χ3n) is 4.02. The standard InChI is InChI=1S/C19H20N4O3S2/c1-13-3-8-17(14(2)11-13)23-10-9-21-19(23)27-12-18(24)22-15-4-6-16(7-5-15)28(20,25)26/h3-11H,12H2,1-2H3,(H,22,24)(H2,20,25,26). The van der Waals surface area contributed by atoms with Gasteiger partial charge in [0, 0.05) is 18.1 Å². The predicted molar refractivity (Wildman–Crippen MR) is 110 cm³/mol. The second-order valence-electron chi connectivity index (χ2n) is 6.28. The van der Waals surface area contributed by atoms with Crippen LogP contribution in [0.2, 0.25) is 0 Å². The molecule has 3 rings (SSSR count). The Bertz CT molecular complexity index is 1110. The molecular weight excluding hydrogens is 396 g/mol. The van der Waals surface area contributed by atoms with E-state index in [-0.39, 0.29) is 16.6 Å². The summed E-state index contributed by atoms with van der Waals surface area (Å²) in [7, 11) is -3.75. The van der Waals surface area contributed by atoms with Gasteiger partial charge in [0.15, 0.2) is 5.16 Å². The largest absolute Gasteiger partial charge is 0.325 e. The van der Waals surface area contributed by atoms with Gasteiger partial charge in [-0.1, -0.05) is 29.5 Å². The Morgan fingerprint density at radius 1 is 1.18 bits per heavy atom. The van der Waals surface area contributed by atoms with Crippen molar-refractivity contribution in [3.05, 3.63) is 66.0 Å². The maximum absolute atomic E-state index is 12.2. The number of nitrogens with two attached hydrogens (primary N) is 1. The number of nitrogens with one attached hydrogen (secondary N) is 1. The van der Waals surface area contributed by atoms with E-state index in [1.165, 1.54) is 41.6 Å². The fourth-order valence-corrected chi connectivity index (χ4v) is 3.99. The lowest BCUT2D eigenvalue weighted by Crippen LogP contribution is -2.15. The monoisotopic (exact) mass is 416 g/mol. The number of carbonyl (C=O) groups excluding carboxylic acids is 1. The minimum atomic E-state index is -3.75. The first-order valence-electron chi connectivity index (χ1n) is 8.40. The number of thioether (sulfide) groups is 1. The van der Waals surface area contributed by atoms with E-state index in [1.807, 2.05) is 36.7 Å². The molecule has 3 N–H and O–H groups in total. The van der Waals surface area contributed by atoms with Crippen molar-refractivity contribution in [1.82, 2.24) is 9.55 Å². The minimum Gasteiger partial charge on any atom is -0.325 e. The molecule has 28 heavy (non-hydrogen) atoms. The molecule has 0 unspecified atom stereocenters. The number of rotatable bonds is 6. The Morgan fingerprint density at radius 3 is 2.54 bits per heavy atom. The molecule has 0 saturated carbocycles. The van der Waals surface area contributed by atoms with Crippen molar-refractivity contribution in [1.29, 1.82) is 0 Å². The number of aryl methyl sites for hydroxylation is 2. The van der Waals surface area contributed by atoms with E-state index < -0.39 is 10.0 Å². The number of amides is 1. The number of nitrogens with zero attached hydrogens (tertiary/aromatic N) is 2. The number of aromatic nitrogens is 2. The van der Waals surface area contributed by atoms with E-state index in [1.54, 1.807) is 6.20 Å². The molecule has 0 atom stereocenters. The van der Waals surface area contributed by atoms with Crippen LogP contribution in [-0.2, 0) is 14.8 Å². The van der Waals surface area contributed by atoms with Gasteiger partial charge in [-0.25, -0.2) is 18.5 Å². The Kier molecular flexibility index (Phi) is 5.87. The van der Waals surface area contributed by atoms with Gasteiger partial charge in [-0.2, -0.15) is 0 Å². The molecule has 3 aromatic rings. The molecule has 7 nitrogen and oxygen atoms in total. The molecular formula is C19H20N4O3S2. The lowest BCUT2D eigenvalue weighted by molar-refractivity contribution is -0.113.